The highest BCUT2D eigenvalue weighted by Crippen LogP contribution is 2.19. The number of likely N-dealkylation sites (N-methyl/N-ethyl adjacent to an activating group) is 1. The van der Waals surface area contributed by atoms with Crippen molar-refractivity contribution in [3.63, 3.8) is 0 Å². The van der Waals surface area contributed by atoms with E-state index in [0.717, 1.165) is 5.69 Å². The smallest absolute Gasteiger partial charge is 0.274 e. The Morgan fingerprint density at radius 2 is 2.00 bits per heavy atom. The summed E-state index contributed by atoms with van der Waals surface area (Å²) in [4.78, 5) is 24.5. The zero-order valence-corrected chi connectivity index (χ0v) is 14.0. The van der Waals surface area contributed by atoms with Crippen LogP contribution in [0.3, 0.4) is 0 Å². The molecule has 1 amide bonds. The van der Waals surface area contributed by atoms with Gasteiger partial charge in [-0.25, -0.2) is 13.4 Å². The summed E-state index contributed by atoms with van der Waals surface area (Å²) in [6.45, 7) is 2.94. The number of nitrogens with zero attached hydrogens (tertiary/aromatic N) is 4. The zero-order chi connectivity index (χ0) is 16.3. The fourth-order valence-corrected chi connectivity index (χ4v) is 4.16. The standard InChI is InChI=1S/C14H22N4O3S/c1-11-8-16-13(9-15-11)14(19)18(6-5-17(2)3)12-4-7-22(20,21)10-12/h8-9,12H,4-7,10H2,1-3H3. The molecule has 122 valence electrons. The monoisotopic (exact) mass is 326 g/mol. The molecule has 0 saturated carbocycles. The van der Waals surface area contributed by atoms with Crippen molar-refractivity contribution >= 4 is 15.7 Å². The molecule has 1 unspecified atom stereocenters. The highest BCUT2D eigenvalue weighted by Gasteiger charge is 2.35. The lowest BCUT2D eigenvalue weighted by atomic mass is 10.2. The van der Waals surface area contributed by atoms with Crippen LogP contribution in [0.2, 0.25) is 0 Å². The molecule has 0 bridgehead atoms. The summed E-state index contributed by atoms with van der Waals surface area (Å²) in [6, 6.07) is -0.277. The lowest BCUT2D eigenvalue weighted by Crippen LogP contribution is -2.44. The van der Waals surface area contributed by atoms with Crippen molar-refractivity contribution in [1.29, 1.82) is 0 Å². The third kappa shape index (κ3) is 4.23. The fraction of sp³-hybridized carbons (Fsp3) is 0.643. The molecule has 0 N–H and O–H groups in total. The Balaban J connectivity index is 2.19. The number of carbonyl (C=O) groups is 1. The van der Waals surface area contributed by atoms with Gasteiger partial charge in [-0.3, -0.25) is 9.78 Å². The van der Waals surface area contributed by atoms with Crippen LogP contribution in [-0.2, 0) is 9.84 Å². The number of amides is 1. The molecule has 7 nitrogen and oxygen atoms in total. The second-order valence-corrected chi connectivity index (χ2v) is 8.13. The molecule has 22 heavy (non-hydrogen) atoms. The van der Waals surface area contributed by atoms with Gasteiger partial charge in [0.05, 0.1) is 23.4 Å². The summed E-state index contributed by atoms with van der Waals surface area (Å²) >= 11 is 0. The van der Waals surface area contributed by atoms with Crippen LogP contribution in [0.25, 0.3) is 0 Å². The van der Waals surface area contributed by atoms with E-state index in [-0.39, 0.29) is 29.1 Å². The molecule has 1 aliphatic rings. The molecule has 0 aromatic carbocycles. The van der Waals surface area contributed by atoms with Gasteiger partial charge in [0.1, 0.15) is 5.69 Å². The first-order valence-corrected chi connectivity index (χ1v) is 9.05. The molecular formula is C14H22N4O3S. The first kappa shape index (κ1) is 16.8. The first-order valence-electron chi connectivity index (χ1n) is 7.23. The van der Waals surface area contributed by atoms with Gasteiger partial charge in [0.15, 0.2) is 9.84 Å². The van der Waals surface area contributed by atoms with Crippen molar-refractivity contribution in [3.05, 3.63) is 23.8 Å². The van der Waals surface area contributed by atoms with Gasteiger partial charge in [-0.15, -0.1) is 0 Å². The fourth-order valence-electron chi connectivity index (χ4n) is 2.43. The van der Waals surface area contributed by atoms with Gasteiger partial charge in [-0.05, 0) is 27.4 Å². The molecule has 1 saturated heterocycles. The maximum atomic E-state index is 12.7. The first-order chi connectivity index (χ1) is 10.3. The van der Waals surface area contributed by atoms with Crippen LogP contribution in [0.15, 0.2) is 12.4 Å². The number of carbonyl (C=O) groups excluding carboxylic acids is 1. The highest BCUT2D eigenvalue weighted by molar-refractivity contribution is 7.91. The molecule has 0 spiro atoms. The van der Waals surface area contributed by atoms with Gasteiger partial charge >= 0.3 is 0 Å². The minimum absolute atomic E-state index is 0.0332. The normalized spacial score (nSPS) is 20.3. The van der Waals surface area contributed by atoms with E-state index in [1.165, 1.54) is 6.20 Å². The van der Waals surface area contributed by atoms with Gasteiger partial charge in [0.25, 0.3) is 5.91 Å². The van der Waals surface area contributed by atoms with Crippen LogP contribution in [-0.4, -0.2) is 78.8 Å². The van der Waals surface area contributed by atoms with Crippen LogP contribution in [0, 0.1) is 6.92 Å². The quantitative estimate of drug-likeness (QED) is 0.756. The Labute approximate surface area is 131 Å². The number of hydrogen-bond acceptors (Lipinski definition) is 6. The predicted molar refractivity (Wildman–Crippen MR) is 83.4 cm³/mol. The molecular weight excluding hydrogens is 304 g/mol. The maximum Gasteiger partial charge on any atom is 0.274 e. The molecule has 0 radical (unpaired) electrons. The molecule has 0 aliphatic carbocycles. The summed E-state index contributed by atoms with van der Waals surface area (Å²) < 4.78 is 23.4. The van der Waals surface area contributed by atoms with Crippen molar-refractivity contribution in [2.24, 2.45) is 0 Å². The molecule has 1 fully saturated rings. The van der Waals surface area contributed by atoms with E-state index in [9.17, 15) is 13.2 Å². The van der Waals surface area contributed by atoms with Gasteiger partial charge in [0, 0.05) is 25.3 Å². The third-order valence-electron chi connectivity index (χ3n) is 3.70. The molecule has 2 heterocycles. The summed E-state index contributed by atoms with van der Waals surface area (Å²) in [6.07, 6.45) is 3.48. The van der Waals surface area contributed by atoms with Crippen LogP contribution in [0.5, 0.6) is 0 Å². The highest BCUT2D eigenvalue weighted by atomic mass is 32.2. The lowest BCUT2D eigenvalue weighted by molar-refractivity contribution is 0.0677. The van der Waals surface area contributed by atoms with E-state index < -0.39 is 9.84 Å². The molecule has 2 rings (SSSR count). The average Bonchev–Trinajstić information content (AvgIpc) is 2.79. The van der Waals surface area contributed by atoms with Crippen LogP contribution in [0.1, 0.15) is 22.6 Å². The van der Waals surface area contributed by atoms with Crippen molar-refractivity contribution in [2.45, 2.75) is 19.4 Å². The van der Waals surface area contributed by atoms with Crippen molar-refractivity contribution in [2.75, 3.05) is 38.7 Å². The Kier molecular flexibility index (Phi) is 5.12. The maximum absolute atomic E-state index is 12.7. The van der Waals surface area contributed by atoms with E-state index in [1.807, 2.05) is 19.0 Å². The number of sulfone groups is 1. The SMILES string of the molecule is Cc1cnc(C(=O)N(CCN(C)C)C2CCS(=O)(=O)C2)cn1. The van der Waals surface area contributed by atoms with Crippen LogP contribution < -0.4 is 0 Å². The Hall–Kier alpha value is -1.54. The van der Waals surface area contributed by atoms with E-state index in [0.29, 0.717) is 19.5 Å². The molecule has 1 atom stereocenters. The lowest BCUT2D eigenvalue weighted by Gasteiger charge is -2.29. The number of aryl methyl sites for hydroxylation is 1. The molecule has 8 heteroatoms. The van der Waals surface area contributed by atoms with Crippen molar-refractivity contribution < 1.29 is 13.2 Å². The van der Waals surface area contributed by atoms with Gasteiger partial charge in [0.2, 0.25) is 0 Å². The van der Waals surface area contributed by atoms with Crippen molar-refractivity contribution in [3.8, 4) is 0 Å². The molecule has 1 aliphatic heterocycles. The van der Waals surface area contributed by atoms with E-state index >= 15 is 0 Å². The Morgan fingerprint density at radius 1 is 1.27 bits per heavy atom. The van der Waals surface area contributed by atoms with E-state index in [2.05, 4.69) is 9.97 Å². The zero-order valence-electron chi connectivity index (χ0n) is 13.2. The summed E-state index contributed by atoms with van der Waals surface area (Å²) in [5.74, 6) is -0.0782. The van der Waals surface area contributed by atoms with Crippen molar-refractivity contribution in [1.82, 2.24) is 19.8 Å². The second-order valence-electron chi connectivity index (χ2n) is 5.90. The molecule has 1 aromatic rings. The van der Waals surface area contributed by atoms with Gasteiger partial charge in [-0.1, -0.05) is 0 Å². The predicted octanol–water partition coefficient (Wildman–Crippen LogP) is -0.0241. The summed E-state index contributed by atoms with van der Waals surface area (Å²) in [5.41, 5.74) is 0.994. The third-order valence-corrected chi connectivity index (χ3v) is 5.45. The largest absolute Gasteiger partial charge is 0.332 e. The minimum Gasteiger partial charge on any atom is -0.332 e. The number of aromatic nitrogens is 2. The topological polar surface area (TPSA) is 83.5 Å². The number of rotatable bonds is 5. The van der Waals surface area contributed by atoms with Crippen LogP contribution in [0.4, 0.5) is 0 Å². The number of hydrogen-bond donors (Lipinski definition) is 0. The van der Waals surface area contributed by atoms with Gasteiger partial charge in [-0.2, -0.15) is 0 Å². The molecule has 1 aromatic heterocycles. The van der Waals surface area contributed by atoms with Crippen LogP contribution >= 0.6 is 0 Å². The Morgan fingerprint density at radius 3 is 2.50 bits per heavy atom. The average molecular weight is 326 g/mol. The van der Waals surface area contributed by atoms with E-state index in [4.69, 9.17) is 0 Å². The van der Waals surface area contributed by atoms with E-state index in [1.54, 1.807) is 18.0 Å². The summed E-state index contributed by atoms with van der Waals surface area (Å²) in [5, 5.41) is 0. The van der Waals surface area contributed by atoms with Gasteiger partial charge < -0.3 is 9.80 Å². The second kappa shape index (κ2) is 6.70. The summed E-state index contributed by atoms with van der Waals surface area (Å²) in [7, 11) is 0.788. The Bertz CT molecular complexity index is 628. The minimum atomic E-state index is -3.04.